The zero-order chi connectivity index (χ0) is 11.5. The van der Waals surface area contributed by atoms with Crippen LogP contribution in [0.5, 0.6) is 0 Å². The first-order valence-corrected chi connectivity index (χ1v) is 5.85. The first-order chi connectivity index (χ1) is 7.70. The summed E-state index contributed by atoms with van der Waals surface area (Å²) in [7, 11) is 0. The van der Waals surface area contributed by atoms with Crippen LogP contribution in [0.3, 0.4) is 0 Å². The van der Waals surface area contributed by atoms with Gasteiger partial charge < -0.3 is 4.52 Å². The minimum Gasteiger partial charge on any atom is -0.361 e. The Morgan fingerprint density at radius 1 is 1.69 bits per heavy atom. The average molecular weight is 258 g/mol. The van der Waals surface area contributed by atoms with Crippen molar-refractivity contribution in [3.8, 4) is 0 Å². The van der Waals surface area contributed by atoms with Crippen LogP contribution in [0.15, 0.2) is 16.1 Å². The zero-order valence-corrected chi connectivity index (χ0v) is 9.93. The molecule has 0 radical (unpaired) electrons. The maximum absolute atomic E-state index is 11.7. The maximum atomic E-state index is 11.7. The summed E-state index contributed by atoms with van der Waals surface area (Å²) in [5, 5.41) is 8.49. The molecule has 0 aromatic carbocycles. The third-order valence-corrected chi connectivity index (χ3v) is 2.98. The van der Waals surface area contributed by atoms with Crippen molar-refractivity contribution < 1.29 is 9.32 Å². The number of aromatic nitrogens is 2. The van der Waals surface area contributed by atoms with Crippen molar-refractivity contribution in [1.82, 2.24) is 10.1 Å². The highest BCUT2D eigenvalue weighted by atomic mass is 35.5. The summed E-state index contributed by atoms with van der Waals surface area (Å²) in [6, 6.07) is 0. The predicted molar refractivity (Wildman–Crippen MR) is 60.9 cm³/mol. The molecule has 0 saturated heterocycles. The van der Waals surface area contributed by atoms with Gasteiger partial charge in [0.1, 0.15) is 11.3 Å². The second-order valence-corrected chi connectivity index (χ2v) is 4.15. The van der Waals surface area contributed by atoms with Crippen molar-refractivity contribution in [1.29, 1.82) is 0 Å². The molecular formula is C9H8ClN3O2S. The molecule has 2 rings (SSSR count). The fourth-order valence-corrected chi connectivity index (χ4v) is 2.04. The number of aryl methyl sites for hydroxylation is 1. The molecule has 2 aromatic heterocycles. The highest BCUT2D eigenvalue weighted by Gasteiger charge is 2.14. The molecule has 1 amide bonds. The zero-order valence-electron chi connectivity index (χ0n) is 8.36. The molecule has 0 saturated carbocycles. The monoisotopic (exact) mass is 257 g/mol. The van der Waals surface area contributed by atoms with Crippen molar-refractivity contribution in [3.05, 3.63) is 28.6 Å². The van der Waals surface area contributed by atoms with Gasteiger partial charge in [-0.05, 0) is 6.92 Å². The van der Waals surface area contributed by atoms with Gasteiger partial charge in [-0.2, -0.15) is 0 Å². The summed E-state index contributed by atoms with van der Waals surface area (Å²) in [6.45, 7) is 1.67. The van der Waals surface area contributed by atoms with E-state index in [0.717, 1.165) is 5.69 Å². The molecule has 1 N–H and O–H groups in total. The van der Waals surface area contributed by atoms with Crippen molar-refractivity contribution in [2.24, 2.45) is 0 Å². The second kappa shape index (κ2) is 4.63. The molecule has 0 fully saturated rings. The molecule has 7 heteroatoms. The number of nitrogens with zero attached hydrogens (tertiary/aromatic N) is 2. The minimum atomic E-state index is -0.283. The third kappa shape index (κ3) is 2.23. The Bertz CT molecular complexity index is 508. The van der Waals surface area contributed by atoms with E-state index >= 15 is 0 Å². The van der Waals surface area contributed by atoms with Crippen LogP contribution in [0.1, 0.15) is 21.8 Å². The Hall–Kier alpha value is -1.40. The van der Waals surface area contributed by atoms with E-state index in [2.05, 4.69) is 15.5 Å². The smallest absolute Gasteiger partial charge is 0.262 e. The van der Waals surface area contributed by atoms with E-state index in [1.165, 1.54) is 17.5 Å². The largest absolute Gasteiger partial charge is 0.361 e. The highest BCUT2D eigenvalue weighted by molar-refractivity contribution is 7.14. The summed E-state index contributed by atoms with van der Waals surface area (Å²) in [5.41, 5.74) is 1.15. The number of carbonyl (C=O) groups is 1. The lowest BCUT2D eigenvalue weighted by atomic mass is 10.3. The predicted octanol–water partition coefficient (Wildman–Crippen LogP) is 2.43. The van der Waals surface area contributed by atoms with Crippen molar-refractivity contribution in [3.63, 3.8) is 0 Å². The number of hydrogen-bond acceptors (Lipinski definition) is 5. The Labute approximate surface area is 100 Å². The lowest BCUT2D eigenvalue weighted by Crippen LogP contribution is -2.11. The Morgan fingerprint density at radius 2 is 2.50 bits per heavy atom. The van der Waals surface area contributed by atoms with Gasteiger partial charge in [0, 0.05) is 5.38 Å². The van der Waals surface area contributed by atoms with E-state index in [-0.39, 0.29) is 5.91 Å². The third-order valence-electron chi connectivity index (χ3n) is 1.90. The number of amides is 1. The number of anilines is 1. The number of rotatable bonds is 3. The Kier molecular flexibility index (Phi) is 3.21. The first kappa shape index (κ1) is 11.1. The molecule has 0 bridgehead atoms. The maximum Gasteiger partial charge on any atom is 0.262 e. The molecular weight excluding hydrogens is 250 g/mol. The summed E-state index contributed by atoms with van der Waals surface area (Å²) < 4.78 is 4.80. The minimum absolute atomic E-state index is 0.283. The summed E-state index contributed by atoms with van der Waals surface area (Å²) in [5.74, 6) is 0.527. The molecule has 0 unspecified atom stereocenters. The second-order valence-electron chi connectivity index (χ2n) is 3.03. The summed E-state index contributed by atoms with van der Waals surface area (Å²) in [4.78, 5) is 15.8. The van der Waals surface area contributed by atoms with Gasteiger partial charge >= 0.3 is 0 Å². The van der Waals surface area contributed by atoms with E-state index < -0.39 is 0 Å². The van der Waals surface area contributed by atoms with E-state index in [1.54, 1.807) is 12.3 Å². The standard InChI is InChI=1S/C9H8ClN3O2S/c1-5-7(3-11-15-5)8(14)13-9-12-6(2-10)4-16-9/h3-4H,2H2,1H3,(H,12,13,14). The normalized spacial score (nSPS) is 10.4. The highest BCUT2D eigenvalue weighted by Crippen LogP contribution is 2.18. The van der Waals surface area contributed by atoms with Crippen LogP contribution >= 0.6 is 22.9 Å². The van der Waals surface area contributed by atoms with Gasteiger partial charge in [-0.25, -0.2) is 4.98 Å². The molecule has 2 heterocycles. The van der Waals surface area contributed by atoms with E-state index in [4.69, 9.17) is 16.1 Å². The number of halogens is 1. The molecule has 0 spiro atoms. The molecule has 0 atom stereocenters. The number of thiazole rings is 1. The molecule has 5 nitrogen and oxygen atoms in total. The topological polar surface area (TPSA) is 68.0 Å². The molecule has 0 aliphatic carbocycles. The summed E-state index contributed by atoms with van der Waals surface area (Å²) >= 11 is 6.94. The lowest BCUT2D eigenvalue weighted by Gasteiger charge is -1.98. The first-order valence-electron chi connectivity index (χ1n) is 4.43. The van der Waals surface area contributed by atoms with Gasteiger partial charge in [0.15, 0.2) is 5.13 Å². The quantitative estimate of drug-likeness (QED) is 0.858. The van der Waals surface area contributed by atoms with E-state index in [9.17, 15) is 4.79 Å². The fourth-order valence-electron chi connectivity index (χ4n) is 1.11. The van der Waals surface area contributed by atoms with E-state index in [1.807, 2.05) is 0 Å². The lowest BCUT2D eigenvalue weighted by molar-refractivity contribution is 0.102. The van der Waals surface area contributed by atoms with Gasteiger partial charge in [0.2, 0.25) is 0 Å². The van der Waals surface area contributed by atoms with Crippen molar-refractivity contribution >= 4 is 34.0 Å². The molecule has 16 heavy (non-hydrogen) atoms. The average Bonchev–Trinajstić information content (AvgIpc) is 2.86. The molecule has 0 aliphatic rings. The molecule has 84 valence electrons. The molecule has 2 aromatic rings. The fraction of sp³-hybridized carbons (Fsp3) is 0.222. The van der Waals surface area contributed by atoms with Crippen molar-refractivity contribution in [2.45, 2.75) is 12.8 Å². The van der Waals surface area contributed by atoms with Gasteiger partial charge in [-0.15, -0.1) is 22.9 Å². The Morgan fingerprint density at radius 3 is 3.06 bits per heavy atom. The van der Waals surface area contributed by atoms with Crippen LogP contribution in [0.25, 0.3) is 0 Å². The van der Waals surface area contributed by atoms with Gasteiger partial charge in [-0.3, -0.25) is 10.1 Å². The van der Waals surface area contributed by atoms with Gasteiger partial charge in [0.05, 0.1) is 17.8 Å². The van der Waals surface area contributed by atoms with Crippen LogP contribution < -0.4 is 5.32 Å². The van der Waals surface area contributed by atoms with E-state index in [0.29, 0.717) is 22.3 Å². The summed E-state index contributed by atoms with van der Waals surface area (Å²) in [6.07, 6.45) is 1.38. The number of alkyl halides is 1. The van der Waals surface area contributed by atoms with Gasteiger partial charge in [0.25, 0.3) is 5.91 Å². The van der Waals surface area contributed by atoms with Crippen LogP contribution in [0.2, 0.25) is 0 Å². The SMILES string of the molecule is Cc1oncc1C(=O)Nc1nc(CCl)cs1. The Balaban J connectivity index is 2.11. The van der Waals surface area contributed by atoms with Crippen LogP contribution in [-0.4, -0.2) is 16.0 Å². The van der Waals surface area contributed by atoms with Crippen LogP contribution in [0, 0.1) is 6.92 Å². The van der Waals surface area contributed by atoms with Crippen LogP contribution in [-0.2, 0) is 5.88 Å². The van der Waals surface area contributed by atoms with Gasteiger partial charge in [-0.1, -0.05) is 5.16 Å². The van der Waals surface area contributed by atoms with Crippen molar-refractivity contribution in [2.75, 3.05) is 5.32 Å². The molecule has 0 aliphatic heterocycles. The number of nitrogens with one attached hydrogen (secondary N) is 1. The number of hydrogen-bond donors (Lipinski definition) is 1. The number of carbonyl (C=O) groups excluding carboxylic acids is 1. The van der Waals surface area contributed by atoms with Crippen LogP contribution in [0.4, 0.5) is 5.13 Å².